The fraction of sp³-hybridized carbons (Fsp3) is 0.500. The molecule has 2 N–H and O–H groups in total. The van der Waals surface area contributed by atoms with E-state index in [0.29, 0.717) is 36.6 Å². The molecule has 18 heavy (non-hydrogen) atoms. The Bertz CT molecular complexity index is 421. The zero-order valence-electron chi connectivity index (χ0n) is 10.6. The summed E-state index contributed by atoms with van der Waals surface area (Å²) in [4.78, 5) is 10.5. The topological polar surface area (TPSA) is 87.6 Å². The Kier molecular flexibility index (Phi) is 5.38. The van der Waals surface area contributed by atoms with E-state index in [1.54, 1.807) is 6.07 Å². The molecule has 0 heterocycles. The van der Waals surface area contributed by atoms with Gasteiger partial charge in [-0.15, -0.1) is 0 Å². The second-order valence-electron chi connectivity index (χ2n) is 3.78. The van der Waals surface area contributed by atoms with Crippen LogP contribution in [0.5, 0.6) is 11.5 Å². The monoisotopic (exact) mass is 254 g/mol. The van der Waals surface area contributed by atoms with Crippen molar-refractivity contribution in [2.75, 3.05) is 20.3 Å². The third-order valence-electron chi connectivity index (χ3n) is 2.44. The summed E-state index contributed by atoms with van der Waals surface area (Å²) in [6.45, 7) is 2.87. The Morgan fingerprint density at radius 1 is 1.39 bits per heavy atom. The number of nitro groups is 1. The fourth-order valence-electron chi connectivity index (χ4n) is 1.60. The summed E-state index contributed by atoms with van der Waals surface area (Å²) in [7, 11) is 1.46. The van der Waals surface area contributed by atoms with Gasteiger partial charge in [0.15, 0.2) is 11.5 Å². The van der Waals surface area contributed by atoms with Gasteiger partial charge in [0.05, 0.1) is 24.7 Å². The van der Waals surface area contributed by atoms with Crippen molar-refractivity contribution in [3.8, 4) is 11.5 Å². The standard InChI is InChI=1S/C12H18N2O4/c1-3-6-18-12-7-9(4-5-13)10(14(15)16)8-11(12)17-2/h7-8H,3-6,13H2,1-2H3. The number of methoxy groups -OCH3 is 1. The molecule has 1 aromatic rings. The van der Waals surface area contributed by atoms with E-state index >= 15 is 0 Å². The predicted molar refractivity (Wildman–Crippen MR) is 68.2 cm³/mol. The highest BCUT2D eigenvalue weighted by atomic mass is 16.6. The Morgan fingerprint density at radius 2 is 2.11 bits per heavy atom. The zero-order valence-corrected chi connectivity index (χ0v) is 10.6. The second kappa shape index (κ2) is 6.80. The predicted octanol–water partition coefficient (Wildman–Crippen LogP) is 1.89. The van der Waals surface area contributed by atoms with E-state index in [9.17, 15) is 10.1 Å². The molecule has 6 heteroatoms. The van der Waals surface area contributed by atoms with Gasteiger partial charge < -0.3 is 15.2 Å². The molecule has 0 fully saturated rings. The van der Waals surface area contributed by atoms with Gasteiger partial charge in [-0.25, -0.2) is 0 Å². The average molecular weight is 254 g/mol. The largest absolute Gasteiger partial charge is 0.493 e. The minimum absolute atomic E-state index is 0.0150. The number of benzene rings is 1. The van der Waals surface area contributed by atoms with Crippen molar-refractivity contribution >= 4 is 5.69 Å². The highest BCUT2D eigenvalue weighted by Crippen LogP contribution is 2.34. The third kappa shape index (κ3) is 3.33. The molecule has 6 nitrogen and oxygen atoms in total. The molecule has 0 radical (unpaired) electrons. The van der Waals surface area contributed by atoms with Crippen molar-refractivity contribution in [3.05, 3.63) is 27.8 Å². The van der Waals surface area contributed by atoms with Gasteiger partial charge in [-0.1, -0.05) is 6.92 Å². The lowest BCUT2D eigenvalue weighted by Crippen LogP contribution is -2.07. The highest BCUT2D eigenvalue weighted by molar-refractivity contribution is 5.54. The second-order valence-corrected chi connectivity index (χ2v) is 3.78. The molecule has 1 rings (SSSR count). The Hall–Kier alpha value is -1.82. The molecule has 0 amide bonds. The van der Waals surface area contributed by atoms with Gasteiger partial charge in [0.1, 0.15) is 0 Å². The zero-order chi connectivity index (χ0) is 13.5. The van der Waals surface area contributed by atoms with Gasteiger partial charge in [0.2, 0.25) is 0 Å². The van der Waals surface area contributed by atoms with Crippen LogP contribution in [0.3, 0.4) is 0 Å². The molecule has 0 spiro atoms. The summed E-state index contributed by atoms with van der Waals surface area (Å²) in [5.41, 5.74) is 6.03. The van der Waals surface area contributed by atoms with E-state index in [0.717, 1.165) is 6.42 Å². The van der Waals surface area contributed by atoms with Crippen LogP contribution < -0.4 is 15.2 Å². The summed E-state index contributed by atoms with van der Waals surface area (Å²) in [6.07, 6.45) is 1.29. The minimum atomic E-state index is -0.433. The number of nitro benzene ring substituents is 1. The van der Waals surface area contributed by atoms with Gasteiger partial charge in [-0.2, -0.15) is 0 Å². The van der Waals surface area contributed by atoms with Gasteiger partial charge in [-0.3, -0.25) is 10.1 Å². The summed E-state index contributed by atoms with van der Waals surface area (Å²) >= 11 is 0. The molecule has 0 aromatic heterocycles. The number of nitrogens with zero attached hydrogens (tertiary/aromatic N) is 1. The van der Waals surface area contributed by atoms with Crippen molar-refractivity contribution in [2.24, 2.45) is 5.73 Å². The first-order valence-corrected chi connectivity index (χ1v) is 5.82. The molecule has 0 saturated carbocycles. The smallest absolute Gasteiger partial charge is 0.276 e. The Balaban J connectivity index is 3.18. The molecular weight excluding hydrogens is 236 g/mol. The lowest BCUT2D eigenvalue weighted by molar-refractivity contribution is -0.385. The van der Waals surface area contributed by atoms with E-state index in [1.807, 2.05) is 6.92 Å². The van der Waals surface area contributed by atoms with Gasteiger partial charge >= 0.3 is 0 Å². The summed E-state index contributed by atoms with van der Waals surface area (Å²) in [5.74, 6) is 0.893. The van der Waals surface area contributed by atoms with Crippen LogP contribution in [0, 0.1) is 10.1 Å². The first kappa shape index (κ1) is 14.2. The quantitative estimate of drug-likeness (QED) is 0.593. The van der Waals surface area contributed by atoms with Gasteiger partial charge in [0.25, 0.3) is 5.69 Å². The molecule has 0 aliphatic heterocycles. The number of nitrogens with two attached hydrogens (primary N) is 1. The minimum Gasteiger partial charge on any atom is -0.493 e. The number of ether oxygens (including phenoxy) is 2. The fourth-order valence-corrected chi connectivity index (χ4v) is 1.60. The van der Waals surface area contributed by atoms with Crippen LogP contribution in [0.25, 0.3) is 0 Å². The third-order valence-corrected chi connectivity index (χ3v) is 2.44. The van der Waals surface area contributed by atoms with Gasteiger partial charge in [0, 0.05) is 5.56 Å². The number of hydrogen-bond donors (Lipinski definition) is 1. The van der Waals surface area contributed by atoms with E-state index in [1.165, 1.54) is 13.2 Å². The maximum atomic E-state index is 11.0. The van der Waals surface area contributed by atoms with Crippen LogP contribution >= 0.6 is 0 Å². The average Bonchev–Trinajstić information content (AvgIpc) is 2.36. The molecule has 0 saturated heterocycles. The van der Waals surface area contributed by atoms with Crippen molar-refractivity contribution in [1.82, 2.24) is 0 Å². The molecule has 0 aliphatic carbocycles. The SMILES string of the molecule is CCCOc1cc(CCN)c([N+](=O)[O-])cc1OC. The number of hydrogen-bond acceptors (Lipinski definition) is 5. The van der Waals surface area contributed by atoms with Crippen molar-refractivity contribution in [1.29, 1.82) is 0 Å². The molecule has 0 atom stereocenters. The first-order valence-electron chi connectivity index (χ1n) is 5.82. The van der Waals surface area contributed by atoms with E-state index in [-0.39, 0.29) is 5.69 Å². The molecule has 1 aromatic carbocycles. The van der Waals surface area contributed by atoms with Crippen molar-refractivity contribution in [2.45, 2.75) is 19.8 Å². The van der Waals surface area contributed by atoms with Crippen molar-refractivity contribution in [3.63, 3.8) is 0 Å². The van der Waals surface area contributed by atoms with E-state index in [4.69, 9.17) is 15.2 Å². The molecule has 0 aliphatic rings. The van der Waals surface area contributed by atoms with Crippen molar-refractivity contribution < 1.29 is 14.4 Å². The van der Waals surface area contributed by atoms with Crippen LogP contribution in [-0.2, 0) is 6.42 Å². The highest BCUT2D eigenvalue weighted by Gasteiger charge is 2.18. The number of rotatable bonds is 7. The summed E-state index contributed by atoms with van der Waals surface area (Å²) in [5, 5.41) is 11.0. The molecule has 0 bridgehead atoms. The maximum Gasteiger partial charge on any atom is 0.276 e. The molecular formula is C12H18N2O4. The van der Waals surface area contributed by atoms with Gasteiger partial charge in [-0.05, 0) is 25.5 Å². The maximum absolute atomic E-state index is 11.0. The van der Waals surface area contributed by atoms with Crippen LogP contribution in [-0.4, -0.2) is 25.2 Å². The first-order chi connectivity index (χ1) is 8.63. The normalized spacial score (nSPS) is 10.2. The summed E-state index contributed by atoms with van der Waals surface area (Å²) in [6, 6.07) is 3.02. The lowest BCUT2D eigenvalue weighted by Gasteiger charge is -2.12. The molecule has 100 valence electrons. The summed E-state index contributed by atoms with van der Waals surface area (Å²) < 4.78 is 10.6. The Labute approximate surface area is 106 Å². The van der Waals surface area contributed by atoms with E-state index < -0.39 is 4.92 Å². The van der Waals surface area contributed by atoms with Crippen LogP contribution in [0.2, 0.25) is 0 Å². The van der Waals surface area contributed by atoms with Crippen LogP contribution in [0.15, 0.2) is 12.1 Å². The van der Waals surface area contributed by atoms with Crippen LogP contribution in [0.1, 0.15) is 18.9 Å². The van der Waals surface area contributed by atoms with Crippen LogP contribution in [0.4, 0.5) is 5.69 Å². The Morgan fingerprint density at radius 3 is 2.61 bits per heavy atom. The van der Waals surface area contributed by atoms with E-state index in [2.05, 4.69) is 0 Å². The molecule has 0 unspecified atom stereocenters. The lowest BCUT2D eigenvalue weighted by atomic mass is 10.1.